The van der Waals surface area contributed by atoms with Crippen molar-refractivity contribution in [1.82, 2.24) is 15.1 Å². The van der Waals surface area contributed by atoms with Crippen molar-refractivity contribution in [3.8, 4) is 0 Å². The Kier molecular flexibility index (Phi) is 6.41. The van der Waals surface area contributed by atoms with Gasteiger partial charge in [0, 0.05) is 51.4 Å². The molecular weight excluding hydrogens is 214 g/mol. The molecule has 4 nitrogen and oxygen atoms in total. The molecule has 2 N–H and O–H groups in total. The SMILES string of the molecule is CCC(C)(CCO)NCCN1CCN(C)CC1. The van der Waals surface area contributed by atoms with Gasteiger partial charge in [-0.1, -0.05) is 6.92 Å². The van der Waals surface area contributed by atoms with Gasteiger partial charge in [-0.3, -0.25) is 4.90 Å². The smallest absolute Gasteiger partial charge is 0.0448 e. The molecule has 1 saturated heterocycles. The quantitative estimate of drug-likeness (QED) is 0.678. The van der Waals surface area contributed by atoms with Crippen molar-refractivity contribution >= 4 is 0 Å². The van der Waals surface area contributed by atoms with Crippen LogP contribution in [-0.2, 0) is 0 Å². The van der Waals surface area contributed by atoms with Crippen LogP contribution in [0.2, 0.25) is 0 Å². The highest BCUT2D eigenvalue weighted by molar-refractivity contribution is 4.82. The van der Waals surface area contributed by atoms with Crippen molar-refractivity contribution in [2.24, 2.45) is 0 Å². The van der Waals surface area contributed by atoms with Gasteiger partial charge in [0.2, 0.25) is 0 Å². The summed E-state index contributed by atoms with van der Waals surface area (Å²) in [6, 6.07) is 0. The third-order valence-electron chi connectivity index (χ3n) is 4.02. The summed E-state index contributed by atoms with van der Waals surface area (Å²) < 4.78 is 0. The zero-order valence-corrected chi connectivity index (χ0v) is 11.7. The maximum atomic E-state index is 9.05. The molecule has 17 heavy (non-hydrogen) atoms. The molecule has 1 aliphatic heterocycles. The highest BCUT2D eigenvalue weighted by Gasteiger charge is 2.21. The van der Waals surface area contributed by atoms with Gasteiger partial charge in [0.25, 0.3) is 0 Å². The van der Waals surface area contributed by atoms with Crippen LogP contribution in [-0.4, -0.2) is 73.4 Å². The van der Waals surface area contributed by atoms with Crippen LogP contribution in [0.4, 0.5) is 0 Å². The zero-order valence-electron chi connectivity index (χ0n) is 11.7. The van der Waals surface area contributed by atoms with Crippen molar-refractivity contribution in [2.75, 3.05) is 52.9 Å². The van der Waals surface area contributed by atoms with Crippen molar-refractivity contribution in [3.63, 3.8) is 0 Å². The molecular formula is C13H29N3O. The molecule has 4 heteroatoms. The Balaban J connectivity index is 2.18. The monoisotopic (exact) mass is 243 g/mol. The summed E-state index contributed by atoms with van der Waals surface area (Å²) in [5.41, 5.74) is 0.0985. The molecule has 0 radical (unpaired) electrons. The fourth-order valence-electron chi connectivity index (χ4n) is 2.22. The van der Waals surface area contributed by atoms with Gasteiger partial charge in [-0.25, -0.2) is 0 Å². The minimum absolute atomic E-state index is 0.0985. The lowest BCUT2D eigenvalue weighted by Gasteiger charge is -2.34. The van der Waals surface area contributed by atoms with Gasteiger partial charge < -0.3 is 15.3 Å². The first kappa shape index (κ1) is 14.9. The fourth-order valence-corrected chi connectivity index (χ4v) is 2.22. The Hall–Kier alpha value is -0.160. The number of hydrogen-bond donors (Lipinski definition) is 2. The Morgan fingerprint density at radius 1 is 1.24 bits per heavy atom. The molecule has 102 valence electrons. The van der Waals surface area contributed by atoms with Gasteiger partial charge in [0.15, 0.2) is 0 Å². The standard InChI is InChI=1S/C13H29N3O/c1-4-13(2,5-12-17)14-6-7-16-10-8-15(3)9-11-16/h14,17H,4-12H2,1-3H3. The van der Waals surface area contributed by atoms with Crippen LogP contribution in [0.1, 0.15) is 26.7 Å². The average Bonchev–Trinajstić information content (AvgIpc) is 2.32. The lowest BCUT2D eigenvalue weighted by Crippen LogP contribution is -2.49. The summed E-state index contributed by atoms with van der Waals surface area (Å²) in [5, 5.41) is 12.6. The minimum atomic E-state index is 0.0985. The van der Waals surface area contributed by atoms with E-state index >= 15 is 0 Å². The largest absolute Gasteiger partial charge is 0.396 e. The fraction of sp³-hybridized carbons (Fsp3) is 1.00. The average molecular weight is 243 g/mol. The molecule has 1 fully saturated rings. The second-order valence-electron chi connectivity index (χ2n) is 5.46. The van der Waals surface area contributed by atoms with E-state index in [-0.39, 0.29) is 12.1 Å². The van der Waals surface area contributed by atoms with Crippen LogP contribution in [0.15, 0.2) is 0 Å². The predicted molar refractivity (Wildman–Crippen MR) is 72.3 cm³/mol. The molecule has 0 aliphatic carbocycles. The van der Waals surface area contributed by atoms with E-state index in [4.69, 9.17) is 5.11 Å². The van der Waals surface area contributed by atoms with E-state index in [0.29, 0.717) is 0 Å². The maximum absolute atomic E-state index is 9.05. The van der Waals surface area contributed by atoms with E-state index in [1.165, 1.54) is 26.2 Å². The van der Waals surface area contributed by atoms with E-state index in [1.807, 2.05) is 0 Å². The lowest BCUT2D eigenvalue weighted by molar-refractivity contribution is 0.147. The van der Waals surface area contributed by atoms with Gasteiger partial charge >= 0.3 is 0 Å². The Morgan fingerprint density at radius 2 is 1.88 bits per heavy atom. The van der Waals surface area contributed by atoms with E-state index in [9.17, 15) is 0 Å². The summed E-state index contributed by atoms with van der Waals surface area (Å²) in [6.07, 6.45) is 1.91. The molecule has 0 amide bonds. The van der Waals surface area contributed by atoms with Crippen molar-refractivity contribution < 1.29 is 5.11 Å². The lowest BCUT2D eigenvalue weighted by atomic mass is 9.95. The Morgan fingerprint density at radius 3 is 2.41 bits per heavy atom. The normalized spacial score (nSPS) is 22.6. The van der Waals surface area contributed by atoms with Gasteiger partial charge in [0.05, 0.1) is 0 Å². The third-order valence-corrected chi connectivity index (χ3v) is 4.02. The third kappa shape index (κ3) is 5.34. The summed E-state index contributed by atoms with van der Waals surface area (Å²) in [4.78, 5) is 4.90. The first-order valence-electron chi connectivity index (χ1n) is 6.86. The van der Waals surface area contributed by atoms with E-state index in [2.05, 4.69) is 36.0 Å². The van der Waals surface area contributed by atoms with Crippen molar-refractivity contribution in [3.05, 3.63) is 0 Å². The Bertz CT molecular complexity index is 205. The van der Waals surface area contributed by atoms with Crippen molar-refractivity contribution in [2.45, 2.75) is 32.2 Å². The second kappa shape index (κ2) is 7.31. The van der Waals surface area contributed by atoms with E-state index in [0.717, 1.165) is 25.9 Å². The van der Waals surface area contributed by atoms with Gasteiger partial charge in [0.1, 0.15) is 0 Å². The summed E-state index contributed by atoms with van der Waals surface area (Å²) >= 11 is 0. The molecule has 1 heterocycles. The highest BCUT2D eigenvalue weighted by atomic mass is 16.3. The number of hydrogen-bond acceptors (Lipinski definition) is 4. The molecule has 0 bridgehead atoms. The summed E-state index contributed by atoms with van der Waals surface area (Å²) in [7, 11) is 2.19. The molecule has 0 aromatic carbocycles. The number of likely N-dealkylation sites (N-methyl/N-ethyl adjacent to an activating group) is 1. The molecule has 1 atom stereocenters. The number of piperazine rings is 1. The van der Waals surface area contributed by atoms with E-state index in [1.54, 1.807) is 0 Å². The van der Waals surface area contributed by atoms with Crippen molar-refractivity contribution in [1.29, 1.82) is 0 Å². The number of nitrogens with zero attached hydrogens (tertiary/aromatic N) is 2. The second-order valence-corrected chi connectivity index (χ2v) is 5.46. The van der Waals surface area contributed by atoms with Gasteiger partial charge in [-0.15, -0.1) is 0 Å². The molecule has 0 aromatic rings. The highest BCUT2D eigenvalue weighted by Crippen LogP contribution is 2.13. The number of aliphatic hydroxyl groups is 1. The summed E-state index contributed by atoms with van der Waals surface area (Å²) in [6.45, 7) is 11.5. The molecule has 1 rings (SSSR count). The number of rotatable bonds is 7. The molecule has 0 spiro atoms. The maximum Gasteiger partial charge on any atom is 0.0448 e. The van der Waals surface area contributed by atoms with Crippen LogP contribution in [0, 0.1) is 0 Å². The zero-order chi connectivity index (χ0) is 12.7. The predicted octanol–water partition coefficient (Wildman–Crippen LogP) is 0.375. The topological polar surface area (TPSA) is 38.7 Å². The van der Waals surface area contributed by atoms with Crippen LogP contribution in [0.25, 0.3) is 0 Å². The van der Waals surface area contributed by atoms with Crippen LogP contribution in [0.5, 0.6) is 0 Å². The van der Waals surface area contributed by atoms with Gasteiger partial charge in [-0.05, 0) is 26.8 Å². The van der Waals surface area contributed by atoms with Gasteiger partial charge in [-0.2, -0.15) is 0 Å². The Labute approximate surface area is 106 Å². The minimum Gasteiger partial charge on any atom is -0.396 e. The molecule has 1 aliphatic rings. The van der Waals surface area contributed by atoms with Crippen LogP contribution >= 0.6 is 0 Å². The number of nitrogens with one attached hydrogen (secondary N) is 1. The van der Waals surface area contributed by atoms with Crippen LogP contribution in [0.3, 0.4) is 0 Å². The summed E-state index contributed by atoms with van der Waals surface area (Å²) in [5.74, 6) is 0. The molecule has 0 aromatic heterocycles. The number of aliphatic hydroxyl groups excluding tert-OH is 1. The molecule has 0 saturated carbocycles. The molecule has 1 unspecified atom stereocenters. The van der Waals surface area contributed by atoms with E-state index < -0.39 is 0 Å². The first-order chi connectivity index (χ1) is 8.09. The first-order valence-corrected chi connectivity index (χ1v) is 6.86. The van der Waals surface area contributed by atoms with Crippen LogP contribution < -0.4 is 5.32 Å².